The van der Waals surface area contributed by atoms with Crippen LogP contribution in [-0.2, 0) is 0 Å². The zero-order valence-corrected chi connectivity index (χ0v) is 10.7. The summed E-state index contributed by atoms with van der Waals surface area (Å²) in [6, 6.07) is 8.34. The van der Waals surface area contributed by atoms with E-state index in [0.717, 1.165) is 6.07 Å². The van der Waals surface area contributed by atoms with Gasteiger partial charge in [0.2, 0.25) is 5.82 Å². The van der Waals surface area contributed by atoms with Crippen LogP contribution >= 0.6 is 0 Å². The van der Waals surface area contributed by atoms with Crippen molar-refractivity contribution in [1.82, 2.24) is 0 Å². The summed E-state index contributed by atoms with van der Waals surface area (Å²) in [7, 11) is 0. The molecule has 22 heavy (non-hydrogen) atoms. The summed E-state index contributed by atoms with van der Waals surface area (Å²) in [4.78, 5) is 0. The molecule has 0 saturated carbocycles. The Labute approximate surface area is 120 Å². The van der Waals surface area contributed by atoms with Gasteiger partial charge in [-0.3, -0.25) is 0 Å². The highest BCUT2D eigenvalue weighted by Gasteiger charge is 2.28. The monoisotopic (exact) mass is 312 g/mol. The normalized spacial score (nSPS) is 11.2. The van der Waals surface area contributed by atoms with Crippen molar-refractivity contribution in [2.24, 2.45) is 0 Å². The first-order valence-electron chi connectivity index (χ1n) is 6.12. The fourth-order valence-corrected chi connectivity index (χ4v) is 2.27. The van der Waals surface area contributed by atoms with Crippen LogP contribution in [0.25, 0.3) is 21.9 Å². The maximum absolute atomic E-state index is 14.4. The fraction of sp³-hybridized carbons (Fsp3) is 0. The van der Waals surface area contributed by atoms with Crippen LogP contribution in [0, 0.1) is 34.9 Å². The van der Waals surface area contributed by atoms with Crippen molar-refractivity contribution in [2.75, 3.05) is 0 Å². The van der Waals surface area contributed by atoms with E-state index in [2.05, 4.69) is 0 Å². The zero-order valence-electron chi connectivity index (χ0n) is 10.7. The van der Waals surface area contributed by atoms with Crippen LogP contribution in [0.2, 0.25) is 0 Å². The molecule has 112 valence electrons. The Morgan fingerprint density at radius 2 is 1.05 bits per heavy atom. The molecule has 3 aromatic carbocycles. The lowest BCUT2D eigenvalue weighted by Gasteiger charge is -2.11. The molecule has 3 aromatic rings. The Morgan fingerprint density at radius 1 is 0.500 bits per heavy atom. The number of benzene rings is 3. The highest BCUT2D eigenvalue weighted by Crippen LogP contribution is 2.35. The average Bonchev–Trinajstić information content (AvgIpc) is 2.53. The van der Waals surface area contributed by atoms with Gasteiger partial charge in [0.05, 0.1) is 5.56 Å². The van der Waals surface area contributed by atoms with Crippen LogP contribution in [-0.4, -0.2) is 0 Å². The Morgan fingerprint density at radius 3 is 1.68 bits per heavy atom. The van der Waals surface area contributed by atoms with E-state index >= 15 is 0 Å². The second-order valence-corrected chi connectivity index (χ2v) is 4.59. The van der Waals surface area contributed by atoms with E-state index in [1.54, 1.807) is 12.1 Å². The third kappa shape index (κ3) is 1.94. The van der Waals surface area contributed by atoms with E-state index in [0.29, 0.717) is 5.39 Å². The first kappa shape index (κ1) is 14.4. The predicted molar refractivity (Wildman–Crippen MR) is 69.1 cm³/mol. The third-order valence-electron chi connectivity index (χ3n) is 3.34. The first-order valence-corrected chi connectivity index (χ1v) is 6.12. The van der Waals surface area contributed by atoms with E-state index in [1.165, 1.54) is 18.2 Å². The van der Waals surface area contributed by atoms with E-state index in [1.807, 2.05) is 0 Å². The van der Waals surface area contributed by atoms with E-state index in [4.69, 9.17) is 0 Å². The van der Waals surface area contributed by atoms with Gasteiger partial charge < -0.3 is 0 Å². The Balaban J connectivity index is 2.40. The molecule has 0 atom stereocenters. The van der Waals surface area contributed by atoms with Gasteiger partial charge in [-0.25, -0.2) is 26.3 Å². The summed E-state index contributed by atoms with van der Waals surface area (Å²) in [6.07, 6.45) is 0. The third-order valence-corrected chi connectivity index (χ3v) is 3.34. The van der Waals surface area contributed by atoms with Crippen LogP contribution < -0.4 is 0 Å². The summed E-state index contributed by atoms with van der Waals surface area (Å²) < 4.78 is 81.5. The molecule has 0 bridgehead atoms. The molecule has 0 aliphatic heterocycles. The van der Waals surface area contributed by atoms with Crippen LogP contribution in [0.15, 0.2) is 36.4 Å². The van der Waals surface area contributed by atoms with Crippen LogP contribution in [0.5, 0.6) is 0 Å². The molecule has 0 radical (unpaired) electrons. The molecule has 0 fully saturated rings. The Bertz CT molecular complexity index is 872. The molecule has 0 aliphatic carbocycles. The maximum atomic E-state index is 14.4. The maximum Gasteiger partial charge on any atom is 0.200 e. The van der Waals surface area contributed by atoms with Gasteiger partial charge in [0.1, 0.15) is 5.82 Å². The average molecular weight is 312 g/mol. The van der Waals surface area contributed by atoms with Gasteiger partial charge in [-0.05, 0) is 5.39 Å². The number of rotatable bonds is 1. The molecular formula is C16H6F6. The van der Waals surface area contributed by atoms with E-state index < -0.39 is 46.0 Å². The Hall–Kier alpha value is -2.50. The summed E-state index contributed by atoms with van der Waals surface area (Å²) in [5.41, 5.74) is -1.97. The molecule has 6 heteroatoms. The van der Waals surface area contributed by atoms with Gasteiger partial charge in [0, 0.05) is 10.9 Å². The molecule has 0 aliphatic rings. The van der Waals surface area contributed by atoms with Crippen LogP contribution in [0.3, 0.4) is 0 Å². The molecular weight excluding hydrogens is 306 g/mol. The lowest BCUT2D eigenvalue weighted by Crippen LogP contribution is -2.05. The molecule has 0 unspecified atom stereocenters. The minimum absolute atomic E-state index is 0.0175. The number of fused-ring (bicyclic) bond motifs is 1. The van der Waals surface area contributed by atoms with Crippen molar-refractivity contribution in [1.29, 1.82) is 0 Å². The molecule has 0 nitrogen and oxygen atoms in total. The van der Waals surface area contributed by atoms with Gasteiger partial charge in [-0.15, -0.1) is 0 Å². The standard InChI is InChI=1S/C16H6F6/c17-11-8-4-2-1-3-7(8)5-6-9(11)10-12(18)14(20)16(22)15(21)13(10)19/h1-6H. The number of hydrogen-bond donors (Lipinski definition) is 0. The van der Waals surface area contributed by atoms with Crippen LogP contribution in [0.1, 0.15) is 0 Å². The SMILES string of the molecule is Fc1c(F)c(F)c(-c2ccc3ccccc3c2F)c(F)c1F. The van der Waals surface area contributed by atoms with E-state index in [-0.39, 0.29) is 5.39 Å². The Kier molecular flexibility index (Phi) is 3.31. The largest absolute Gasteiger partial charge is 0.206 e. The second-order valence-electron chi connectivity index (χ2n) is 4.59. The van der Waals surface area contributed by atoms with Crippen molar-refractivity contribution in [3.05, 3.63) is 71.3 Å². The second kappa shape index (κ2) is 5.05. The summed E-state index contributed by atoms with van der Waals surface area (Å²) >= 11 is 0. The molecule has 0 amide bonds. The molecule has 3 rings (SSSR count). The van der Waals surface area contributed by atoms with Crippen molar-refractivity contribution in [2.45, 2.75) is 0 Å². The molecule has 0 spiro atoms. The quantitative estimate of drug-likeness (QED) is 0.323. The lowest BCUT2D eigenvalue weighted by atomic mass is 9.99. The molecule has 0 heterocycles. The van der Waals surface area contributed by atoms with Crippen molar-refractivity contribution >= 4 is 10.8 Å². The minimum atomic E-state index is -2.28. The molecule has 0 saturated heterocycles. The van der Waals surface area contributed by atoms with Crippen molar-refractivity contribution in [3.8, 4) is 11.1 Å². The summed E-state index contributed by atoms with van der Waals surface area (Å²) in [5, 5.41) is 0.455. The zero-order chi connectivity index (χ0) is 16.0. The first-order chi connectivity index (χ1) is 10.4. The van der Waals surface area contributed by atoms with Gasteiger partial charge in [0.15, 0.2) is 23.3 Å². The van der Waals surface area contributed by atoms with Crippen molar-refractivity contribution in [3.63, 3.8) is 0 Å². The van der Waals surface area contributed by atoms with Crippen LogP contribution in [0.4, 0.5) is 26.3 Å². The minimum Gasteiger partial charge on any atom is -0.206 e. The lowest BCUT2D eigenvalue weighted by molar-refractivity contribution is 0.381. The van der Waals surface area contributed by atoms with E-state index in [9.17, 15) is 26.3 Å². The molecule has 0 aromatic heterocycles. The van der Waals surface area contributed by atoms with Gasteiger partial charge in [-0.2, -0.15) is 0 Å². The number of hydrogen-bond acceptors (Lipinski definition) is 0. The predicted octanol–water partition coefficient (Wildman–Crippen LogP) is 5.34. The van der Waals surface area contributed by atoms with Gasteiger partial charge in [0.25, 0.3) is 0 Å². The summed E-state index contributed by atoms with van der Waals surface area (Å²) in [5.74, 6) is -11.7. The summed E-state index contributed by atoms with van der Waals surface area (Å²) in [6.45, 7) is 0. The topological polar surface area (TPSA) is 0 Å². The fourth-order valence-electron chi connectivity index (χ4n) is 2.27. The van der Waals surface area contributed by atoms with Gasteiger partial charge >= 0.3 is 0 Å². The highest BCUT2D eigenvalue weighted by atomic mass is 19.2. The smallest absolute Gasteiger partial charge is 0.200 e. The molecule has 0 N–H and O–H groups in total. The number of halogens is 6. The highest BCUT2D eigenvalue weighted by molar-refractivity contribution is 5.88. The van der Waals surface area contributed by atoms with Gasteiger partial charge in [-0.1, -0.05) is 36.4 Å². The van der Waals surface area contributed by atoms with Crippen molar-refractivity contribution < 1.29 is 26.3 Å².